The molecule has 0 heterocycles. The maximum Gasteiger partial charge on any atom is 0.264 e. The van der Waals surface area contributed by atoms with Crippen molar-refractivity contribution < 1.29 is 30.0 Å². The fraction of sp³-hybridized carbons (Fsp3) is 0.200. The molecule has 0 aliphatic carbocycles. The molecule has 0 unspecified atom stereocenters. The Morgan fingerprint density at radius 2 is 1.50 bits per heavy atom. The van der Waals surface area contributed by atoms with Gasteiger partial charge < -0.3 is 0 Å². The van der Waals surface area contributed by atoms with Gasteiger partial charge in [0.1, 0.15) is 4.90 Å². The number of benzene rings is 2. The van der Waals surface area contributed by atoms with Crippen LogP contribution in [0, 0.1) is 24.4 Å². The predicted octanol–water partition coefficient (Wildman–Crippen LogP) is 2.46. The number of aryl methyl sites for hydroxylation is 1. The molecular formula is C15H15F3N2O4S2. The SMILES string of the molecule is Cc1ccc(NS(=O)(=O)c2ccc(F)c(F)c2F)cc1S(=O)(=O)N(C)C. The second kappa shape index (κ2) is 6.89. The van der Waals surface area contributed by atoms with E-state index in [0.29, 0.717) is 17.7 Å². The molecule has 0 atom stereocenters. The van der Waals surface area contributed by atoms with Crippen molar-refractivity contribution >= 4 is 25.7 Å². The summed E-state index contributed by atoms with van der Waals surface area (Å²) in [7, 11) is -5.86. The summed E-state index contributed by atoms with van der Waals surface area (Å²) >= 11 is 0. The van der Waals surface area contributed by atoms with Crippen molar-refractivity contribution in [2.75, 3.05) is 18.8 Å². The first-order valence-corrected chi connectivity index (χ1v) is 9.99. The largest absolute Gasteiger partial charge is 0.279 e. The van der Waals surface area contributed by atoms with E-state index < -0.39 is 42.4 Å². The van der Waals surface area contributed by atoms with Gasteiger partial charge in [-0.25, -0.2) is 34.3 Å². The molecule has 11 heteroatoms. The zero-order valence-corrected chi connectivity index (χ0v) is 15.6. The third kappa shape index (κ3) is 3.69. The first-order valence-electron chi connectivity index (χ1n) is 7.07. The molecule has 2 aromatic rings. The van der Waals surface area contributed by atoms with Gasteiger partial charge >= 0.3 is 0 Å². The van der Waals surface area contributed by atoms with E-state index in [1.807, 2.05) is 4.72 Å². The van der Waals surface area contributed by atoms with Gasteiger partial charge in [-0.1, -0.05) is 6.07 Å². The van der Waals surface area contributed by atoms with Gasteiger partial charge in [-0.3, -0.25) is 4.72 Å². The van der Waals surface area contributed by atoms with E-state index in [0.717, 1.165) is 10.4 Å². The lowest BCUT2D eigenvalue weighted by Crippen LogP contribution is -2.23. The van der Waals surface area contributed by atoms with Crippen LogP contribution in [-0.4, -0.2) is 35.2 Å². The van der Waals surface area contributed by atoms with Crippen LogP contribution in [0.3, 0.4) is 0 Å². The quantitative estimate of drug-likeness (QED) is 0.771. The molecule has 0 amide bonds. The van der Waals surface area contributed by atoms with Gasteiger partial charge in [0.25, 0.3) is 10.0 Å². The molecule has 2 rings (SSSR count). The minimum Gasteiger partial charge on any atom is -0.279 e. The predicted molar refractivity (Wildman–Crippen MR) is 89.2 cm³/mol. The molecular weight excluding hydrogens is 393 g/mol. The molecule has 0 aromatic heterocycles. The molecule has 0 aliphatic heterocycles. The van der Waals surface area contributed by atoms with Crippen LogP contribution in [0.15, 0.2) is 40.1 Å². The number of hydrogen-bond donors (Lipinski definition) is 1. The van der Waals surface area contributed by atoms with Crippen molar-refractivity contribution in [2.24, 2.45) is 0 Å². The van der Waals surface area contributed by atoms with Crippen molar-refractivity contribution in [3.05, 3.63) is 53.3 Å². The van der Waals surface area contributed by atoms with Crippen LogP contribution < -0.4 is 4.72 Å². The molecule has 0 saturated heterocycles. The molecule has 26 heavy (non-hydrogen) atoms. The molecule has 0 fully saturated rings. The van der Waals surface area contributed by atoms with Crippen LogP contribution in [0.4, 0.5) is 18.9 Å². The number of nitrogens with zero attached hydrogens (tertiary/aromatic N) is 1. The van der Waals surface area contributed by atoms with Gasteiger partial charge in [0, 0.05) is 14.1 Å². The number of hydrogen-bond acceptors (Lipinski definition) is 4. The molecule has 0 radical (unpaired) electrons. The monoisotopic (exact) mass is 408 g/mol. The molecule has 0 bridgehead atoms. The minimum atomic E-state index is -4.62. The van der Waals surface area contributed by atoms with E-state index >= 15 is 0 Å². The summed E-state index contributed by atoms with van der Waals surface area (Å²) < 4.78 is 92.0. The zero-order valence-electron chi connectivity index (χ0n) is 13.9. The number of sulfonamides is 2. The molecule has 1 N–H and O–H groups in total. The van der Waals surface area contributed by atoms with E-state index in [2.05, 4.69) is 0 Å². The average Bonchev–Trinajstić information content (AvgIpc) is 2.53. The minimum absolute atomic E-state index is 0.159. The van der Waals surface area contributed by atoms with Crippen molar-refractivity contribution in [3.63, 3.8) is 0 Å². The van der Waals surface area contributed by atoms with E-state index in [4.69, 9.17) is 0 Å². The lowest BCUT2D eigenvalue weighted by atomic mass is 10.2. The van der Waals surface area contributed by atoms with E-state index in [1.165, 1.54) is 33.2 Å². The van der Waals surface area contributed by atoms with Crippen molar-refractivity contribution in [1.82, 2.24) is 4.31 Å². The van der Waals surface area contributed by atoms with Crippen molar-refractivity contribution in [2.45, 2.75) is 16.7 Å². The van der Waals surface area contributed by atoms with Gasteiger partial charge in [0.15, 0.2) is 17.5 Å². The molecule has 6 nitrogen and oxygen atoms in total. The molecule has 0 spiro atoms. The highest BCUT2D eigenvalue weighted by Crippen LogP contribution is 2.26. The highest BCUT2D eigenvalue weighted by Gasteiger charge is 2.25. The Morgan fingerprint density at radius 3 is 2.08 bits per heavy atom. The van der Waals surface area contributed by atoms with Gasteiger partial charge in [-0.15, -0.1) is 0 Å². The summed E-state index contributed by atoms with van der Waals surface area (Å²) in [5.41, 5.74) is 0.181. The highest BCUT2D eigenvalue weighted by atomic mass is 32.2. The van der Waals surface area contributed by atoms with E-state index in [-0.39, 0.29) is 10.6 Å². The lowest BCUT2D eigenvalue weighted by Gasteiger charge is -2.15. The zero-order chi connectivity index (χ0) is 19.9. The smallest absolute Gasteiger partial charge is 0.264 e. The third-order valence-corrected chi connectivity index (χ3v) is 6.84. The molecule has 0 aliphatic rings. The maximum absolute atomic E-state index is 13.8. The fourth-order valence-corrected chi connectivity index (χ4v) is 4.33. The number of halogens is 3. The Labute approximate surface area is 149 Å². The molecule has 2 aromatic carbocycles. The number of nitrogens with one attached hydrogen (secondary N) is 1. The summed E-state index contributed by atoms with van der Waals surface area (Å²) in [4.78, 5) is -1.26. The van der Waals surface area contributed by atoms with E-state index in [1.54, 1.807) is 0 Å². The van der Waals surface area contributed by atoms with Crippen molar-refractivity contribution in [1.29, 1.82) is 0 Å². The summed E-state index contributed by atoms with van der Waals surface area (Å²) in [5.74, 6) is -5.32. The van der Waals surface area contributed by atoms with Crippen LogP contribution in [0.25, 0.3) is 0 Å². The average molecular weight is 408 g/mol. The standard InChI is InChI=1S/C15H15F3N2O4S2/c1-9-4-5-10(8-13(9)26(23,24)20(2)3)19-25(21,22)12-7-6-11(16)14(17)15(12)18/h4-8,19H,1-3H3. The Bertz CT molecular complexity index is 1070. The Hall–Kier alpha value is -2.11. The summed E-state index contributed by atoms with van der Waals surface area (Å²) in [5, 5.41) is 0. The normalized spacial score (nSPS) is 12.4. The van der Waals surface area contributed by atoms with Crippen LogP contribution in [0.1, 0.15) is 5.56 Å². The summed E-state index contributed by atoms with van der Waals surface area (Å²) in [6.07, 6.45) is 0. The summed E-state index contributed by atoms with van der Waals surface area (Å²) in [6.45, 7) is 1.52. The number of anilines is 1. The third-order valence-electron chi connectivity index (χ3n) is 3.49. The van der Waals surface area contributed by atoms with Crippen LogP contribution in [0.2, 0.25) is 0 Å². The Kier molecular flexibility index (Phi) is 5.36. The number of rotatable bonds is 5. The molecule has 142 valence electrons. The van der Waals surface area contributed by atoms with Crippen LogP contribution in [-0.2, 0) is 20.0 Å². The highest BCUT2D eigenvalue weighted by molar-refractivity contribution is 7.92. The van der Waals surface area contributed by atoms with Gasteiger partial charge in [0.05, 0.1) is 10.6 Å². The summed E-state index contributed by atoms with van der Waals surface area (Å²) in [6, 6.07) is 4.72. The molecule has 0 saturated carbocycles. The van der Waals surface area contributed by atoms with Gasteiger partial charge in [-0.05, 0) is 36.8 Å². The lowest BCUT2D eigenvalue weighted by molar-refractivity contribution is 0.432. The second-order valence-corrected chi connectivity index (χ2v) is 9.32. The van der Waals surface area contributed by atoms with Crippen molar-refractivity contribution in [3.8, 4) is 0 Å². The first kappa shape index (κ1) is 20.2. The second-order valence-electron chi connectivity index (χ2n) is 5.55. The first-order chi connectivity index (χ1) is 11.9. The Balaban J connectivity index is 2.51. The van der Waals surface area contributed by atoms with Gasteiger partial charge in [0.2, 0.25) is 10.0 Å². The fourth-order valence-electron chi connectivity index (χ4n) is 2.06. The topological polar surface area (TPSA) is 83.5 Å². The van der Waals surface area contributed by atoms with Gasteiger partial charge in [-0.2, -0.15) is 0 Å². The van der Waals surface area contributed by atoms with Crippen LogP contribution >= 0.6 is 0 Å². The van der Waals surface area contributed by atoms with E-state index in [9.17, 15) is 30.0 Å². The van der Waals surface area contributed by atoms with Crippen LogP contribution in [0.5, 0.6) is 0 Å². The Morgan fingerprint density at radius 1 is 0.885 bits per heavy atom. The maximum atomic E-state index is 13.8.